The van der Waals surface area contributed by atoms with Gasteiger partial charge in [0.15, 0.2) is 5.69 Å². The fraction of sp³-hybridized carbons (Fsp3) is 0.368. The van der Waals surface area contributed by atoms with Crippen LogP contribution < -0.4 is 5.32 Å². The van der Waals surface area contributed by atoms with Crippen molar-refractivity contribution in [1.82, 2.24) is 24.5 Å². The van der Waals surface area contributed by atoms with E-state index in [0.29, 0.717) is 5.82 Å². The molecule has 0 radical (unpaired) electrons. The van der Waals surface area contributed by atoms with Crippen molar-refractivity contribution in [3.8, 4) is 5.69 Å². The number of anilines is 1. The fourth-order valence-corrected chi connectivity index (χ4v) is 3.12. The molecule has 0 bridgehead atoms. The lowest BCUT2D eigenvalue weighted by atomic mass is 10.0. The Morgan fingerprint density at radius 1 is 1.14 bits per heavy atom. The molecule has 7 nitrogen and oxygen atoms in total. The average Bonchev–Trinajstić information content (AvgIpc) is 3.16. The van der Waals surface area contributed by atoms with E-state index in [1.165, 1.54) is 14.0 Å². The van der Waals surface area contributed by atoms with Crippen LogP contribution in [0.5, 0.6) is 0 Å². The molecule has 1 N–H and O–H groups in total. The van der Waals surface area contributed by atoms with Crippen LogP contribution >= 0.6 is 0 Å². The summed E-state index contributed by atoms with van der Waals surface area (Å²) in [6.45, 7) is 7.05. The van der Waals surface area contributed by atoms with Gasteiger partial charge in [-0.25, -0.2) is 9.67 Å². The molecule has 1 aromatic carbocycles. The van der Waals surface area contributed by atoms with Crippen LogP contribution in [0.25, 0.3) is 5.69 Å². The number of halogens is 3. The summed E-state index contributed by atoms with van der Waals surface area (Å²) < 4.78 is 41.6. The van der Waals surface area contributed by atoms with Gasteiger partial charge in [-0.3, -0.25) is 9.48 Å². The lowest BCUT2D eigenvalue weighted by molar-refractivity contribution is -0.141. The second kappa shape index (κ2) is 7.34. The van der Waals surface area contributed by atoms with Crippen LogP contribution in [0.1, 0.15) is 53.0 Å². The molecule has 0 saturated heterocycles. The second-order valence-corrected chi connectivity index (χ2v) is 7.01. The molecule has 0 atom stereocenters. The quantitative estimate of drug-likeness (QED) is 0.710. The van der Waals surface area contributed by atoms with Crippen molar-refractivity contribution in [1.29, 1.82) is 0 Å². The van der Waals surface area contributed by atoms with Crippen molar-refractivity contribution < 1.29 is 18.0 Å². The average molecular weight is 406 g/mol. The van der Waals surface area contributed by atoms with E-state index >= 15 is 0 Å². The molecule has 154 valence electrons. The Bertz CT molecular complexity index is 1060. The minimum Gasteiger partial charge on any atom is -0.304 e. The molecule has 1 amide bonds. The van der Waals surface area contributed by atoms with Gasteiger partial charge >= 0.3 is 6.18 Å². The van der Waals surface area contributed by atoms with Crippen molar-refractivity contribution in [3.05, 3.63) is 52.7 Å². The van der Waals surface area contributed by atoms with E-state index in [0.717, 1.165) is 15.9 Å². The zero-order valence-electron chi connectivity index (χ0n) is 16.7. The number of rotatable bonds is 4. The summed E-state index contributed by atoms with van der Waals surface area (Å²) in [6, 6.07) is 7.62. The molecule has 29 heavy (non-hydrogen) atoms. The van der Waals surface area contributed by atoms with Crippen LogP contribution in [0.2, 0.25) is 0 Å². The van der Waals surface area contributed by atoms with E-state index in [-0.39, 0.29) is 23.1 Å². The fourth-order valence-electron chi connectivity index (χ4n) is 3.12. The summed E-state index contributed by atoms with van der Waals surface area (Å²) >= 11 is 0. The highest BCUT2D eigenvalue weighted by Gasteiger charge is 2.38. The Morgan fingerprint density at radius 3 is 2.38 bits per heavy atom. The first-order valence-electron chi connectivity index (χ1n) is 8.95. The molecule has 2 aromatic heterocycles. The smallest absolute Gasteiger partial charge is 0.304 e. The molecular formula is C19H21F3N6O. The molecule has 0 aliphatic carbocycles. The lowest BCUT2D eigenvalue weighted by Crippen LogP contribution is -2.17. The lowest BCUT2D eigenvalue weighted by Gasteiger charge is -2.12. The highest BCUT2D eigenvalue weighted by molar-refractivity contribution is 6.01. The Morgan fingerprint density at radius 2 is 1.79 bits per heavy atom. The van der Waals surface area contributed by atoms with Crippen LogP contribution in [0.15, 0.2) is 24.3 Å². The number of nitrogens with zero attached hydrogens (tertiary/aromatic N) is 5. The molecule has 0 spiro atoms. The number of carbonyl (C=O) groups is 1. The van der Waals surface area contributed by atoms with Gasteiger partial charge in [0.25, 0.3) is 5.91 Å². The Labute approximate surface area is 165 Å². The molecule has 3 aromatic rings. The number of para-hydroxylation sites is 1. The number of benzene rings is 1. The predicted molar refractivity (Wildman–Crippen MR) is 101 cm³/mol. The van der Waals surface area contributed by atoms with Gasteiger partial charge in [0, 0.05) is 12.6 Å². The van der Waals surface area contributed by atoms with Crippen molar-refractivity contribution in [3.63, 3.8) is 0 Å². The summed E-state index contributed by atoms with van der Waals surface area (Å²) in [4.78, 5) is 16.8. The largest absolute Gasteiger partial charge is 0.435 e. The third-order valence-electron chi connectivity index (χ3n) is 4.54. The molecular weight excluding hydrogens is 385 g/mol. The SMILES string of the molecule is Cc1c(C(F)(F)F)nn(C)c1NC(=O)c1nc(C)n(-c2ccccc2C(C)C)n1. The third kappa shape index (κ3) is 3.87. The zero-order chi connectivity index (χ0) is 21.5. The van der Waals surface area contributed by atoms with Crippen LogP contribution in [0.3, 0.4) is 0 Å². The Kier molecular flexibility index (Phi) is 5.20. The highest BCUT2D eigenvalue weighted by Crippen LogP contribution is 2.33. The first-order valence-corrected chi connectivity index (χ1v) is 8.95. The maximum absolute atomic E-state index is 13.0. The Balaban J connectivity index is 1.94. The molecule has 0 aliphatic heterocycles. The van der Waals surface area contributed by atoms with Crippen LogP contribution in [0, 0.1) is 13.8 Å². The minimum atomic E-state index is -4.61. The van der Waals surface area contributed by atoms with Crippen LogP contribution in [-0.2, 0) is 13.2 Å². The molecule has 2 heterocycles. The van der Waals surface area contributed by atoms with Gasteiger partial charge in [-0.2, -0.15) is 18.3 Å². The normalized spacial score (nSPS) is 11.9. The minimum absolute atomic E-state index is 0.0566. The molecule has 0 aliphatic rings. The van der Waals surface area contributed by atoms with Crippen molar-refractivity contribution in [2.45, 2.75) is 39.8 Å². The highest BCUT2D eigenvalue weighted by atomic mass is 19.4. The van der Waals surface area contributed by atoms with E-state index < -0.39 is 17.8 Å². The van der Waals surface area contributed by atoms with E-state index in [2.05, 4.69) is 20.5 Å². The van der Waals surface area contributed by atoms with E-state index in [1.807, 2.05) is 38.1 Å². The number of hydrogen-bond acceptors (Lipinski definition) is 4. The molecule has 0 fully saturated rings. The maximum Gasteiger partial charge on any atom is 0.435 e. The summed E-state index contributed by atoms with van der Waals surface area (Å²) in [5.74, 6) is -0.200. The summed E-state index contributed by atoms with van der Waals surface area (Å²) in [5, 5.41) is 10.2. The summed E-state index contributed by atoms with van der Waals surface area (Å²) in [7, 11) is 1.33. The van der Waals surface area contributed by atoms with Gasteiger partial charge < -0.3 is 5.32 Å². The van der Waals surface area contributed by atoms with Crippen LogP contribution in [0.4, 0.5) is 19.0 Å². The van der Waals surface area contributed by atoms with E-state index in [4.69, 9.17) is 0 Å². The molecule has 3 rings (SSSR count). The standard InChI is InChI=1S/C19H21F3N6O/c1-10(2)13-8-6-7-9-14(13)28-12(4)23-16(26-28)18(29)24-17-11(3)15(19(20,21)22)25-27(17)5/h6-10H,1-5H3,(H,24,29). The van der Waals surface area contributed by atoms with Crippen molar-refractivity contribution in [2.24, 2.45) is 7.05 Å². The number of aryl methyl sites for hydroxylation is 2. The van der Waals surface area contributed by atoms with Crippen molar-refractivity contribution in [2.75, 3.05) is 5.32 Å². The van der Waals surface area contributed by atoms with Gasteiger partial charge in [-0.15, -0.1) is 5.10 Å². The topological polar surface area (TPSA) is 77.6 Å². The summed E-state index contributed by atoms with van der Waals surface area (Å²) in [6.07, 6.45) is -4.61. The first kappa shape index (κ1) is 20.6. The van der Waals surface area contributed by atoms with E-state index in [9.17, 15) is 18.0 Å². The monoisotopic (exact) mass is 406 g/mol. The zero-order valence-corrected chi connectivity index (χ0v) is 16.7. The first-order chi connectivity index (χ1) is 13.5. The van der Waals surface area contributed by atoms with Crippen LogP contribution in [-0.4, -0.2) is 30.5 Å². The van der Waals surface area contributed by atoms with Gasteiger partial charge in [-0.1, -0.05) is 32.0 Å². The molecule has 0 unspecified atom stereocenters. The number of carbonyl (C=O) groups excluding carboxylic acids is 1. The summed E-state index contributed by atoms with van der Waals surface area (Å²) in [5.41, 5.74) is 0.609. The Hall–Kier alpha value is -3.17. The van der Waals surface area contributed by atoms with Gasteiger partial charge in [-0.05, 0) is 31.4 Å². The molecule has 0 saturated carbocycles. The van der Waals surface area contributed by atoms with E-state index in [1.54, 1.807) is 11.6 Å². The predicted octanol–water partition coefficient (Wildman–Crippen LogP) is 4.01. The number of amides is 1. The van der Waals surface area contributed by atoms with Crippen molar-refractivity contribution >= 4 is 11.7 Å². The third-order valence-corrected chi connectivity index (χ3v) is 4.54. The number of aromatic nitrogens is 5. The van der Waals surface area contributed by atoms with Gasteiger partial charge in [0.05, 0.1) is 5.69 Å². The number of nitrogens with one attached hydrogen (secondary N) is 1. The molecule has 10 heteroatoms. The van der Waals surface area contributed by atoms with Gasteiger partial charge in [0.2, 0.25) is 5.82 Å². The number of hydrogen-bond donors (Lipinski definition) is 1. The number of alkyl halides is 3. The van der Waals surface area contributed by atoms with Gasteiger partial charge in [0.1, 0.15) is 11.6 Å². The second-order valence-electron chi connectivity index (χ2n) is 7.01. The maximum atomic E-state index is 13.0.